The summed E-state index contributed by atoms with van der Waals surface area (Å²) >= 11 is 0. The molecular weight excluding hydrogens is 244 g/mol. The van der Waals surface area contributed by atoms with Crippen molar-refractivity contribution in [3.8, 4) is 0 Å². The van der Waals surface area contributed by atoms with Crippen LogP contribution in [0.4, 0.5) is 8.78 Å². The summed E-state index contributed by atoms with van der Waals surface area (Å²) in [6, 6.07) is 0. The molecule has 1 rings (SSSR count). The maximum Gasteiger partial charge on any atom is 0.305 e. The Morgan fingerprint density at radius 1 is 1.44 bits per heavy atom. The smallest absolute Gasteiger partial charge is 0.305 e. The van der Waals surface area contributed by atoms with Crippen molar-refractivity contribution in [2.75, 3.05) is 13.1 Å². The minimum Gasteiger partial charge on any atom is -0.481 e. The molecule has 0 aromatic carbocycles. The molecule has 1 unspecified atom stereocenters. The van der Waals surface area contributed by atoms with Crippen LogP contribution in [0, 0.1) is 5.92 Å². The lowest BCUT2D eigenvalue weighted by Gasteiger charge is -2.31. The zero-order chi connectivity index (χ0) is 13.8. The summed E-state index contributed by atoms with van der Waals surface area (Å²) in [5.41, 5.74) is 0. The second kappa shape index (κ2) is 6.11. The summed E-state index contributed by atoms with van der Waals surface area (Å²) in [4.78, 5) is 23.9. The first-order valence-electron chi connectivity index (χ1n) is 6.24. The zero-order valence-corrected chi connectivity index (χ0v) is 10.5. The van der Waals surface area contributed by atoms with E-state index in [0.29, 0.717) is 19.4 Å². The third-order valence-electron chi connectivity index (χ3n) is 3.28. The fraction of sp³-hybridized carbons (Fsp3) is 0.833. The molecule has 1 aliphatic rings. The lowest BCUT2D eigenvalue weighted by molar-refractivity contribution is -0.144. The van der Waals surface area contributed by atoms with E-state index in [0.717, 1.165) is 0 Å². The maximum atomic E-state index is 13.2. The van der Waals surface area contributed by atoms with Gasteiger partial charge in [0.2, 0.25) is 11.8 Å². The number of hydrogen-bond acceptors (Lipinski definition) is 2. The van der Waals surface area contributed by atoms with Gasteiger partial charge in [0.1, 0.15) is 0 Å². The molecule has 1 aliphatic carbocycles. The first-order valence-corrected chi connectivity index (χ1v) is 6.24. The first kappa shape index (κ1) is 14.9. The molecule has 0 saturated heterocycles. The Hall–Kier alpha value is -1.20. The van der Waals surface area contributed by atoms with Crippen LogP contribution >= 0.6 is 0 Å². The molecule has 1 fully saturated rings. The van der Waals surface area contributed by atoms with Crippen molar-refractivity contribution in [3.63, 3.8) is 0 Å². The van der Waals surface area contributed by atoms with Gasteiger partial charge in [-0.1, -0.05) is 0 Å². The third-order valence-corrected chi connectivity index (χ3v) is 3.28. The number of carboxylic acids is 1. The fourth-order valence-electron chi connectivity index (χ4n) is 2.30. The average molecular weight is 263 g/mol. The SMILES string of the molecule is CCN(CCC(=O)O)C(=O)C1CCCC(F)(F)C1. The van der Waals surface area contributed by atoms with E-state index in [1.54, 1.807) is 6.92 Å². The Bertz CT molecular complexity index is 320. The Balaban J connectivity index is 2.57. The minimum absolute atomic E-state index is 0.0900. The molecule has 1 N–H and O–H groups in total. The molecule has 104 valence electrons. The fourth-order valence-corrected chi connectivity index (χ4v) is 2.30. The van der Waals surface area contributed by atoms with E-state index in [9.17, 15) is 18.4 Å². The van der Waals surface area contributed by atoms with Crippen molar-refractivity contribution in [2.45, 2.75) is 45.0 Å². The molecule has 0 radical (unpaired) electrons. The molecule has 0 aromatic heterocycles. The van der Waals surface area contributed by atoms with Crippen LogP contribution in [-0.2, 0) is 9.59 Å². The molecule has 6 heteroatoms. The van der Waals surface area contributed by atoms with Crippen molar-refractivity contribution in [3.05, 3.63) is 0 Å². The van der Waals surface area contributed by atoms with Gasteiger partial charge >= 0.3 is 5.97 Å². The Kier molecular flexibility index (Phi) is 5.04. The number of hydrogen-bond donors (Lipinski definition) is 1. The molecule has 0 aromatic rings. The number of carbonyl (C=O) groups is 2. The van der Waals surface area contributed by atoms with Gasteiger partial charge in [-0.25, -0.2) is 8.78 Å². The summed E-state index contributed by atoms with van der Waals surface area (Å²) in [6.07, 6.45) is 0.105. The van der Waals surface area contributed by atoms with Crippen molar-refractivity contribution in [2.24, 2.45) is 5.92 Å². The number of carbonyl (C=O) groups excluding carboxylic acids is 1. The molecule has 0 aliphatic heterocycles. The number of amides is 1. The highest BCUT2D eigenvalue weighted by Gasteiger charge is 2.40. The van der Waals surface area contributed by atoms with E-state index in [-0.39, 0.29) is 25.3 Å². The number of nitrogens with zero attached hydrogens (tertiary/aromatic N) is 1. The van der Waals surface area contributed by atoms with Crippen LogP contribution in [0.1, 0.15) is 39.0 Å². The van der Waals surface area contributed by atoms with E-state index >= 15 is 0 Å². The Morgan fingerprint density at radius 2 is 2.11 bits per heavy atom. The summed E-state index contributed by atoms with van der Waals surface area (Å²) < 4.78 is 26.5. The molecule has 4 nitrogen and oxygen atoms in total. The number of halogens is 2. The first-order chi connectivity index (χ1) is 8.35. The zero-order valence-electron chi connectivity index (χ0n) is 10.5. The van der Waals surface area contributed by atoms with Crippen molar-refractivity contribution >= 4 is 11.9 Å². The van der Waals surface area contributed by atoms with Gasteiger partial charge in [0.25, 0.3) is 0 Å². The van der Waals surface area contributed by atoms with Gasteiger partial charge in [0.15, 0.2) is 0 Å². The highest BCUT2D eigenvalue weighted by molar-refractivity contribution is 5.79. The highest BCUT2D eigenvalue weighted by Crippen LogP contribution is 2.37. The number of carboxylic acid groups (broad SMARTS) is 1. The second-order valence-corrected chi connectivity index (χ2v) is 4.71. The summed E-state index contributed by atoms with van der Waals surface area (Å²) in [6.45, 7) is 2.17. The van der Waals surface area contributed by atoms with Crippen LogP contribution in [0.5, 0.6) is 0 Å². The second-order valence-electron chi connectivity index (χ2n) is 4.71. The van der Waals surface area contributed by atoms with Gasteiger partial charge in [-0.05, 0) is 19.8 Å². The standard InChI is InChI=1S/C12H19F2NO3/c1-2-15(7-5-10(16)17)11(18)9-4-3-6-12(13,14)8-9/h9H,2-8H2,1H3,(H,16,17). The van der Waals surface area contributed by atoms with E-state index < -0.39 is 24.2 Å². The van der Waals surface area contributed by atoms with Gasteiger partial charge in [-0.3, -0.25) is 9.59 Å². The molecule has 0 bridgehead atoms. The van der Waals surface area contributed by atoms with Crippen LogP contribution in [0.25, 0.3) is 0 Å². The predicted molar refractivity (Wildman–Crippen MR) is 61.4 cm³/mol. The van der Waals surface area contributed by atoms with Crippen LogP contribution in [0.2, 0.25) is 0 Å². The molecule has 18 heavy (non-hydrogen) atoms. The third kappa shape index (κ3) is 4.23. The largest absolute Gasteiger partial charge is 0.481 e. The van der Waals surface area contributed by atoms with Crippen molar-refractivity contribution in [1.82, 2.24) is 4.90 Å². The highest BCUT2D eigenvalue weighted by atomic mass is 19.3. The van der Waals surface area contributed by atoms with Crippen LogP contribution in [0.15, 0.2) is 0 Å². The van der Waals surface area contributed by atoms with E-state index in [1.165, 1.54) is 4.90 Å². The van der Waals surface area contributed by atoms with Crippen molar-refractivity contribution < 1.29 is 23.5 Å². The molecular formula is C12H19F2NO3. The maximum absolute atomic E-state index is 13.2. The van der Waals surface area contributed by atoms with Gasteiger partial charge in [0.05, 0.1) is 6.42 Å². The lowest BCUT2D eigenvalue weighted by Crippen LogP contribution is -2.41. The van der Waals surface area contributed by atoms with Crippen molar-refractivity contribution in [1.29, 1.82) is 0 Å². The summed E-state index contributed by atoms with van der Waals surface area (Å²) in [7, 11) is 0. The summed E-state index contributed by atoms with van der Waals surface area (Å²) in [5.74, 6) is -4.75. The molecule has 0 spiro atoms. The van der Waals surface area contributed by atoms with Gasteiger partial charge in [0, 0.05) is 31.8 Å². The number of rotatable bonds is 5. The molecule has 0 heterocycles. The van der Waals surface area contributed by atoms with Crippen LogP contribution < -0.4 is 0 Å². The van der Waals surface area contributed by atoms with Gasteiger partial charge in [-0.15, -0.1) is 0 Å². The minimum atomic E-state index is -2.76. The van der Waals surface area contributed by atoms with E-state index in [1.807, 2.05) is 0 Å². The van der Waals surface area contributed by atoms with Crippen LogP contribution in [-0.4, -0.2) is 40.9 Å². The average Bonchev–Trinajstić information content (AvgIpc) is 2.27. The summed E-state index contributed by atoms with van der Waals surface area (Å²) in [5, 5.41) is 8.58. The van der Waals surface area contributed by atoms with Gasteiger partial charge in [-0.2, -0.15) is 0 Å². The molecule has 1 atom stereocenters. The number of aliphatic carboxylic acids is 1. The topological polar surface area (TPSA) is 57.6 Å². The van der Waals surface area contributed by atoms with Gasteiger partial charge < -0.3 is 10.0 Å². The predicted octanol–water partition coefficient (Wildman–Crippen LogP) is 2.14. The Morgan fingerprint density at radius 3 is 2.61 bits per heavy atom. The molecule has 1 saturated carbocycles. The lowest BCUT2D eigenvalue weighted by atomic mass is 9.85. The van der Waals surface area contributed by atoms with E-state index in [2.05, 4.69) is 0 Å². The number of alkyl halides is 2. The normalized spacial score (nSPS) is 22.5. The van der Waals surface area contributed by atoms with E-state index in [4.69, 9.17) is 5.11 Å². The quantitative estimate of drug-likeness (QED) is 0.826. The Labute approximate surface area is 105 Å². The molecule has 1 amide bonds. The van der Waals surface area contributed by atoms with Crippen LogP contribution in [0.3, 0.4) is 0 Å². The monoisotopic (exact) mass is 263 g/mol.